The molecule has 172 valence electrons. The van der Waals surface area contributed by atoms with E-state index in [4.69, 9.17) is 14.2 Å². The molecule has 0 aliphatic carbocycles. The van der Waals surface area contributed by atoms with Crippen LogP contribution in [-0.4, -0.2) is 43.1 Å². The third-order valence-electron chi connectivity index (χ3n) is 4.79. The van der Waals surface area contributed by atoms with Crippen molar-refractivity contribution in [2.24, 2.45) is 0 Å². The standard InChI is InChI=1S/C25H27N3O5/c1-4-33-20-9-7-19(8-10-20)21-11-14-25(30)28(27-21)16-15-26-24(29)13-6-18-5-12-22(31-2)23(17-18)32-3/h5-14,17H,4,15-16H2,1-3H3,(H,26,29)/b13-6+. The van der Waals surface area contributed by atoms with Crippen LogP contribution in [0, 0.1) is 0 Å². The monoisotopic (exact) mass is 449 g/mol. The van der Waals surface area contributed by atoms with Crippen LogP contribution in [-0.2, 0) is 11.3 Å². The van der Waals surface area contributed by atoms with E-state index in [1.54, 1.807) is 38.5 Å². The maximum Gasteiger partial charge on any atom is 0.266 e. The van der Waals surface area contributed by atoms with Gasteiger partial charge in [-0.05, 0) is 61.0 Å². The van der Waals surface area contributed by atoms with E-state index >= 15 is 0 Å². The van der Waals surface area contributed by atoms with Crippen molar-refractivity contribution in [1.82, 2.24) is 15.1 Å². The summed E-state index contributed by atoms with van der Waals surface area (Å²) >= 11 is 0. The van der Waals surface area contributed by atoms with Gasteiger partial charge in [-0.25, -0.2) is 4.68 Å². The van der Waals surface area contributed by atoms with Crippen LogP contribution in [0.1, 0.15) is 12.5 Å². The minimum Gasteiger partial charge on any atom is -0.494 e. The number of carbonyl (C=O) groups is 1. The number of benzene rings is 2. The Hall–Kier alpha value is -4.07. The maximum atomic E-state index is 12.2. The van der Waals surface area contributed by atoms with Crippen molar-refractivity contribution in [3.8, 4) is 28.5 Å². The Labute approximate surface area is 192 Å². The lowest BCUT2D eigenvalue weighted by atomic mass is 10.1. The number of hydrogen-bond donors (Lipinski definition) is 1. The van der Waals surface area contributed by atoms with Gasteiger partial charge in [0.05, 0.1) is 33.1 Å². The molecule has 3 rings (SSSR count). The molecule has 1 heterocycles. The van der Waals surface area contributed by atoms with Crippen molar-refractivity contribution in [1.29, 1.82) is 0 Å². The molecule has 8 nitrogen and oxygen atoms in total. The zero-order valence-electron chi connectivity index (χ0n) is 18.9. The fourth-order valence-electron chi connectivity index (χ4n) is 3.12. The van der Waals surface area contributed by atoms with Crippen LogP contribution in [0.25, 0.3) is 17.3 Å². The fraction of sp³-hybridized carbons (Fsp3) is 0.240. The molecule has 0 radical (unpaired) electrons. The molecular formula is C25H27N3O5. The number of nitrogens with zero attached hydrogens (tertiary/aromatic N) is 2. The van der Waals surface area contributed by atoms with E-state index in [0.29, 0.717) is 23.8 Å². The van der Waals surface area contributed by atoms with Gasteiger partial charge in [-0.15, -0.1) is 0 Å². The molecule has 0 fully saturated rings. The summed E-state index contributed by atoms with van der Waals surface area (Å²) in [5.41, 5.74) is 2.09. The van der Waals surface area contributed by atoms with Crippen LogP contribution in [0.15, 0.2) is 65.5 Å². The first-order valence-electron chi connectivity index (χ1n) is 10.5. The number of ether oxygens (including phenoxy) is 3. The first-order chi connectivity index (χ1) is 16.0. The first-order valence-corrected chi connectivity index (χ1v) is 10.5. The van der Waals surface area contributed by atoms with Gasteiger partial charge in [0.15, 0.2) is 11.5 Å². The third-order valence-corrected chi connectivity index (χ3v) is 4.79. The fourth-order valence-corrected chi connectivity index (χ4v) is 3.12. The van der Waals surface area contributed by atoms with Gasteiger partial charge in [0.2, 0.25) is 5.91 Å². The highest BCUT2D eigenvalue weighted by atomic mass is 16.5. The summed E-state index contributed by atoms with van der Waals surface area (Å²) in [6, 6.07) is 16.0. The molecule has 1 amide bonds. The normalized spacial score (nSPS) is 10.8. The number of hydrogen-bond acceptors (Lipinski definition) is 6. The molecule has 0 aliphatic heterocycles. The van der Waals surface area contributed by atoms with E-state index in [2.05, 4.69) is 10.4 Å². The number of nitrogens with one attached hydrogen (secondary N) is 1. The largest absolute Gasteiger partial charge is 0.494 e. The second-order valence-electron chi connectivity index (χ2n) is 6.98. The van der Waals surface area contributed by atoms with E-state index in [1.165, 1.54) is 16.8 Å². The first kappa shape index (κ1) is 23.6. The number of amides is 1. The number of carbonyl (C=O) groups excluding carboxylic acids is 1. The van der Waals surface area contributed by atoms with Gasteiger partial charge in [-0.1, -0.05) is 6.07 Å². The molecule has 0 atom stereocenters. The Bertz CT molecular complexity index is 1170. The smallest absolute Gasteiger partial charge is 0.266 e. The lowest BCUT2D eigenvalue weighted by Gasteiger charge is -2.09. The molecule has 0 saturated heterocycles. The summed E-state index contributed by atoms with van der Waals surface area (Å²) in [7, 11) is 3.12. The van der Waals surface area contributed by atoms with E-state index in [0.717, 1.165) is 16.9 Å². The molecule has 2 aromatic carbocycles. The van der Waals surface area contributed by atoms with E-state index in [1.807, 2.05) is 37.3 Å². The van der Waals surface area contributed by atoms with Crippen LogP contribution in [0.4, 0.5) is 0 Å². The quantitative estimate of drug-likeness (QED) is 0.478. The summed E-state index contributed by atoms with van der Waals surface area (Å²) in [6.45, 7) is 3.03. The van der Waals surface area contributed by atoms with Crippen LogP contribution in [0.3, 0.4) is 0 Å². The molecule has 0 spiro atoms. The van der Waals surface area contributed by atoms with E-state index in [-0.39, 0.29) is 24.6 Å². The van der Waals surface area contributed by atoms with Gasteiger partial charge >= 0.3 is 0 Å². The summed E-state index contributed by atoms with van der Waals surface area (Å²) in [4.78, 5) is 24.3. The lowest BCUT2D eigenvalue weighted by Crippen LogP contribution is -2.31. The third kappa shape index (κ3) is 6.46. The number of aromatic nitrogens is 2. The predicted molar refractivity (Wildman–Crippen MR) is 127 cm³/mol. The highest BCUT2D eigenvalue weighted by molar-refractivity contribution is 5.91. The van der Waals surface area contributed by atoms with Crippen molar-refractivity contribution in [3.05, 3.63) is 76.6 Å². The highest BCUT2D eigenvalue weighted by Gasteiger charge is 2.06. The molecule has 1 N–H and O–H groups in total. The van der Waals surface area contributed by atoms with Crippen molar-refractivity contribution >= 4 is 12.0 Å². The van der Waals surface area contributed by atoms with Crippen molar-refractivity contribution < 1.29 is 19.0 Å². The van der Waals surface area contributed by atoms with Gasteiger partial charge in [-0.3, -0.25) is 9.59 Å². The highest BCUT2D eigenvalue weighted by Crippen LogP contribution is 2.27. The summed E-state index contributed by atoms with van der Waals surface area (Å²) < 4.78 is 17.3. The lowest BCUT2D eigenvalue weighted by molar-refractivity contribution is -0.116. The molecular weight excluding hydrogens is 422 g/mol. The van der Waals surface area contributed by atoms with E-state index < -0.39 is 0 Å². The van der Waals surface area contributed by atoms with Crippen molar-refractivity contribution in [2.45, 2.75) is 13.5 Å². The summed E-state index contributed by atoms with van der Waals surface area (Å²) in [5.74, 6) is 1.70. The predicted octanol–water partition coefficient (Wildman–Crippen LogP) is 3.16. The molecule has 8 heteroatoms. The van der Waals surface area contributed by atoms with Crippen molar-refractivity contribution in [3.63, 3.8) is 0 Å². The molecule has 0 aliphatic rings. The Balaban J connectivity index is 1.58. The Morgan fingerprint density at radius 1 is 1.03 bits per heavy atom. The summed E-state index contributed by atoms with van der Waals surface area (Å²) in [6.07, 6.45) is 3.10. The zero-order chi connectivity index (χ0) is 23.6. The minimum atomic E-state index is -0.277. The van der Waals surface area contributed by atoms with Crippen LogP contribution < -0.4 is 25.1 Å². The van der Waals surface area contributed by atoms with Gasteiger partial charge < -0.3 is 19.5 Å². The van der Waals surface area contributed by atoms with Gasteiger partial charge in [0.25, 0.3) is 5.56 Å². The van der Waals surface area contributed by atoms with Crippen LogP contribution in [0.2, 0.25) is 0 Å². The topological polar surface area (TPSA) is 91.7 Å². The number of rotatable bonds is 10. The molecule has 0 bridgehead atoms. The second kappa shape index (κ2) is 11.5. The molecule has 1 aromatic heterocycles. The molecule has 33 heavy (non-hydrogen) atoms. The summed E-state index contributed by atoms with van der Waals surface area (Å²) in [5, 5.41) is 7.17. The van der Waals surface area contributed by atoms with Crippen molar-refractivity contribution in [2.75, 3.05) is 27.4 Å². The van der Waals surface area contributed by atoms with Crippen LogP contribution in [0.5, 0.6) is 17.2 Å². The number of methoxy groups -OCH3 is 2. The Morgan fingerprint density at radius 2 is 1.79 bits per heavy atom. The average molecular weight is 450 g/mol. The van der Waals surface area contributed by atoms with Gasteiger partial charge in [0, 0.05) is 24.3 Å². The van der Waals surface area contributed by atoms with Gasteiger partial charge in [0.1, 0.15) is 5.75 Å². The maximum absolute atomic E-state index is 12.2. The molecule has 3 aromatic rings. The van der Waals surface area contributed by atoms with E-state index in [9.17, 15) is 9.59 Å². The molecule has 0 saturated carbocycles. The minimum absolute atomic E-state index is 0.236. The average Bonchev–Trinajstić information content (AvgIpc) is 2.84. The zero-order valence-corrected chi connectivity index (χ0v) is 18.9. The van der Waals surface area contributed by atoms with Crippen LogP contribution >= 0.6 is 0 Å². The second-order valence-corrected chi connectivity index (χ2v) is 6.98. The Morgan fingerprint density at radius 3 is 2.48 bits per heavy atom. The molecule has 0 unspecified atom stereocenters. The van der Waals surface area contributed by atoms with Gasteiger partial charge in [-0.2, -0.15) is 5.10 Å². The Kier molecular flexibility index (Phi) is 8.24. The SMILES string of the molecule is CCOc1ccc(-c2ccc(=O)n(CCNC(=O)/C=C/c3ccc(OC)c(OC)c3)n2)cc1.